The van der Waals surface area contributed by atoms with Crippen LogP contribution < -0.4 is 5.32 Å². The predicted octanol–water partition coefficient (Wildman–Crippen LogP) is 5.31. The van der Waals surface area contributed by atoms with Gasteiger partial charge in [-0.25, -0.2) is 4.39 Å². The van der Waals surface area contributed by atoms with Gasteiger partial charge in [-0.15, -0.1) is 0 Å². The van der Waals surface area contributed by atoms with Crippen molar-refractivity contribution in [2.24, 2.45) is 0 Å². The van der Waals surface area contributed by atoms with Crippen molar-refractivity contribution in [3.8, 4) is 0 Å². The van der Waals surface area contributed by atoms with Crippen LogP contribution in [0.4, 0.5) is 4.39 Å². The molecule has 0 aliphatic heterocycles. The van der Waals surface area contributed by atoms with Crippen molar-refractivity contribution in [1.82, 2.24) is 10.3 Å². The lowest BCUT2D eigenvalue weighted by Gasteiger charge is -2.17. The minimum atomic E-state index is -0.267. The lowest BCUT2D eigenvalue weighted by Crippen LogP contribution is -2.26. The van der Waals surface area contributed by atoms with E-state index in [4.69, 9.17) is 0 Å². The summed E-state index contributed by atoms with van der Waals surface area (Å²) in [7, 11) is 0. The number of aromatic amines is 1. The van der Waals surface area contributed by atoms with Crippen molar-refractivity contribution in [3.05, 3.63) is 71.2 Å². The highest BCUT2D eigenvalue weighted by Crippen LogP contribution is 2.34. The SMILES string of the molecule is CCCCNC(=O)CC(c1ccc(F)cc1)c1c[nH]c2c(CC)cccc12. The van der Waals surface area contributed by atoms with Gasteiger partial charge in [-0.1, -0.05) is 50.6 Å². The standard InChI is InChI=1S/C23H27FN2O/c1-3-5-13-25-22(27)14-20(17-9-11-18(24)12-10-17)21-15-26-23-16(4-2)7-6-8-19(21)23/h6-12,15,20,26H,3-5,13-14H2,1-2H3,(H,25,27). The fraction of sp³-hybridized carbons (Fsp3) is 0.348. The number of unbranched alkanes of at least 4 members (excludes halogenated alkanes) is 1. The molecule has 3 nitrogen and oxygen atoms in total. The summed E-state index contributed by atoms with van der Waals surface area (Å²) in [5.74, 6) is -0.357. The average molecular weight is 366 g/mol. The number of fused-ring (bicyclic) bond motifs is 1. The number of benzene rings is 2. The molecule has 1 atom stereocenters. The molecule has 2 N–H and O–H groups in total. The molecule has 0 fully saturated rings. The summed E-state index contributed by atoms with van der Waals surface area (Å²) < 4.78 is 13.4. The van der Waals surface area contributed by atoms with Crippen molar-refractivity contribution in [3.63, 3.8) is 0 Å². The lowest BCUT2D eigenvalue weighted by molar-refractivity contribution is -0.121. The van der Waals surface area contributed by atoms with Crippen LogP contribution in [-0.2, 0) is 11.2 Å². The molecule has 0 aliphatic carbocycles. The summed E-state index contributed by atoms with van der Waals surface area (Å²) >= 11 is 0. The van der Waals surface area contributed by atoms with Gasteiger partial charge in [0.1, 0.15) is 5.82 Å². The monoisotopic (exact) mass is 366 g/mol. The van der Waals surface area contributed by atoms with E-state index in [1.54, 1.807) is 12.1 Å². The molecular formula is C23H27FN2O. The Bertz CT molecular complexity index is 898. The Morgan fingerprint density at radius 3 is 2.63 bits per heavy atom. The molecule has 1 heterocycles. The van der Waals surface area contributed by atoms with Crippen molar-refractivity contribution >= 4 is 16.8 Å². The summed E-state index contributed by atoms with van der Waals surface area (Å²) in [6, 6.07) is 12.7. The molecule has 3 rings (SSSR count). The Morgan fingerprint density at radius 2 is 1.93 bits per heavy atom. The van der Waals surface area contributed by atoms with Crippen LogP contribution in [0.5, 0.6) is 0 Å². The molecule has 27 heavy (non-hydrogen) atoms. The second kappa shape index (κ2) is 8.85. The molecule has 0 aliphatic rings. The fourth-order valence-corrected chi connectivity index (χ4v) is 3.59. The zero-order valence-electron chi connectivity index (χ0n) is 16.0. The number of carbonyl (C=O) groups excluding carboxylic acids is 1. The molecule has 142 valence electrons. The highest BCUT2D eigenvalue weighted by molar-refractivity contribution is 5.88. The maximum Gasteiger partial charge on any atom is 0.220 e. The Hall–Kier alpha value is -2.62. The molecule has 4 heteroatoms. The molecule has 1 unspecified atom stereocenters. The van der Waals surface area contributed by atoms with E-state index in [1.807, 2.05) is 6.20 Å². The Kier molecular flexibility index (Phi) is 6.28. The number of amides is 1. The molecule has 0 spiro atoms. The van der Waals surface area contributed by atoms with E-state index in [-0.39, 0.29) is 17.6 Å². The van der Waals surface area contributed by atoms with Crippen molar-refractivity contribution in [1.29, 1.82) is 0 Å². The zero-order valence-corrected chi connectivity index (χ0v) is 16.0. The van der Waals surface area contributed by atoms with Gasteiger partial charge in [-0.3, -0.25) is 4.79 Å². The van der Waals surface area contributed by atoms with Crippen LogP contribution in [-0.4, -0.2) is 17.4 Å². The third-order valence-corrected chi connectivity index (χ3v) is 5.10. The highest BCUT2D eigenvalue weighted by Gasteiger charge is 2.22. The van der Waals surface area contributed by atoms with Gasteiger partial charge < -0.3 is 10.3 Å². The van der Waals surface area contributed by atoms with Crippen LogP contribution in [0.15, 0.2) is 48.7 Å². The largest absolute Gasteiger partial charge is 0.361 e. The first-order valence-corrected chi connectivity index (χ1v) is 9.75. The number of hydrogen-bond acceptors (Lipinski definition) is 1. The van der Waals surface area contributed by atoms with E-state index in [0.717, 1.165) is 41.3 Å². The smallest absolute Gasteiger partial charge is 0.220 e. The van der Waals surface area contributed by atoms with Crippen LogP contribution in [0.2, 0.25) is 0 Å². The van der Waals surface area contributed by atoms with Gasteiger partial charge in [0.15, 0.2) is 0 Å². The quantitative estimate of drug-likeness (QED) is 0.522. The third-order valence-electron chi connectivity index (χ3n) is 5.10. The molecule has 2 aromatic carbocycles. The average Bonchev–Trinajstić information content (AvgIpc) is 3.11. The van der Waals surface area contributed by atoms with Crippen molar-refractivity contribution in [2.45, 2.75) is 45.4 Å². The van der Waals surface area contributed by atoms with Crippen molar-refractivity contribution in [2.75, 3.05) is 6.54 Å². The number of hydrogen-bond donors (Lipinski definition) is 2. The van der Waals surface area contributed by atoms with Crippen LogP contribution in [0.1, 0.15) is 55.7 Å². The van der Waals surface area contributed by atoms with Crippen LogP contribution in [0, 0.1) is 5.82 Å². The van der Waals surface area contributed by atoms with Gasteiger partial charge in [0.05, 0.1) is 0 Å². The van der Waals surface area contributed by atoms with Crippen LogP contribution >= 0.6 is 0 Å². The van der Waals surface area contributed by atoms with E-state index >= 15 is 0 Å². The number of H-pyrrole nitrogens is 1. The Labute approximate surface area is 160 Å². The Morgan fingerprint density at radius 1 is 1.15 bits per heavy atom. The zero-order chi connectivity index (χ0) is 19.2. The first kappa shape index (κ1) is 19.2. The van der Waals surface area contributed by atoms with E-state index in [0.29, 0.717) is 13.0 Å². The molecule has 3 aromatic rings. The molecule has 0 bridgehead atoms. The summed E-state index contributed by atoms with van der Waals surface area (Å²) in [5, 5.41) is 4.13. The number of para-hydroxylation sites is 1. The predicted molar refractivity (Wildman–Crippen MR) is 108 cm³/mol. The normalized spacial score (nSPS) is 12.3. The van der Waals surface area contributed by atoms with Crippen molar-refractivity contribution < 1.29 is 9.18 Å². The van der Waals surface area contributed by atoms with Crippen LogP contribution in [0.3, 0.4) is 0 Å². The third kappa shape index (κ3) is 4.38. The number of nitrogens with one attached hydrogen (secondary N) is 2. The maximum atomic E-state index is 13.4. The Balaban J connectivity index is 1.97. The second-order valence-electron chi connectivity index (χ2n) is 6.95. The highest BCUT2D eigenvalue weighted by atomic mass is 19.1. The van der Waals surface area contributed by atoms with Gasteiger partial charge in [0.25, 0.3) is 0 Å². The number of aromatic nitrogens is 1. The van der Waals surface area contributed by atoms with E-state index in [2.05, 4.69) is 42.3 Å². The van der Waals surface area contributed by atoms with Crippen LogP contribution in [0.25, 0.3) is 10.9 Å². The number of carbonyl (C=O) groups is 1. The first-order valence-electron chi connectivity index (χ1n) is 9.75. The van der Waals surface area contributed by atoms with Gasteiger partial charge in [-0.05, 0) is 41.7 Å². The number of aryl methyl sites for hydroxylation is 1. The lowest BCUT2D eigenvalue weighted by atomic mass is 9.87. The van der Waals surface area contributed by atoms with E-state index in [1.165, 1.54) is 17.7 Å². The molecule has 0 radical (unpaired) electrons. The number of rotatable bonds is 8. The van der Waals surface area contributed by atoms with Gasteiger partial charge in [0, 0.05) is 36.0 Å². The summed E-state index contributed by atoms with van der Waals surface area (Å²) in [4.78, 5) is 15.9. The van der Waals surface area contributed by atoms with E-state index < -0.39 is 0 Å². The fourth-order valence-electron chi connectivity index (χ4n) is 3.59. The minimum absolute atomic E-state index is 0.0266. The van der Waals surface area contributed by atoms with Gasteiger partial charge in [-0.2, -0.15) is 0 Å². The summed E-state index contributed by atoms with van der Waals surface area (Å²) in [6.45, 7) is 4.93. The van der Waals surface area contributed by atoms with E-state index in [9.17, 15) is 9.18 Å². The first-order chi connectivity index (χ1) is 13.1. The molecule has 0 saturated heterocycles. The summed E-state index contributed by atoms with van der Waals surface area (Å²) in [5.41, 5.74) is 4.40. The molecule has 0 saturated carbocycles. The topological polar surface area (TPSA) is 44.9 Å². The molecular weight excluding hydrogens is 339 g/mol. The maximum absolute atomic E-state index is 13.4. The van der Waals surface area contributed by atoms with Gasteiger partial charge in [0.2, 0.25) is 5.91 Å². The molecule has 1 amide bonds. The number of halogens is 1. The van der Waals surface area contributed by atoms with Gasteiger partial charge >= 0.3 is 0 Å². The second-order valence-corrected chi connectivity index (χ2v) is 6.95. The molecule has 1 aromatic heterocycles. The summed E-state index contributed by atoms with van der Waals surface area (Å²) in [6.07, 6.45) is 5.30. The minimum Gasteiger partial charge on any atom is -0.361 e.